The van der Waals surface area contributed by atoms with Crippen molar-refractivity contribution in [1.82, 2.24) is 0 Å². The smallest absolute Gasteiger partial charge is 0.238 e. The summed E-state index contributed by atoms with van der Waals surface area (Å²) in [5, 5.41) is 0. The van der Waals surface area contributed by atoms with Crippen molar-refractivity contribution in [2.75, 3.05) is 11.9 Å². The summed E-state index contributed by atoms with van der Waals surface area (Å²) in [7, 11) is 1.90. The zero-order valence-electron chi connectivity index (χ0n) is 12.7. The highest BCUT2D eigenvalue weighted by molar-refractivity contribution is 6.08. The summed E-state index contributed by atoms with van der Waals surface area (Å²) < 4.78 is 0. The van der Waals surface area contributed by atoms with Gasteiger partial charge in [0, 0.05) is 18.7 Å². The van der Waals surface area contributed by atoms with E-state index in [-0.39, 0.29) is 11.8 Å². The monoisotopic (exact) mass is 289 g/mol. The molecule has 1 spiro atoms. The third-order valence-electron chi connectivity index (χ3n) is 5.16. The van der Waals surface area contributed by atoms with Crippen molar-refractivity contribution in [1.29, 1.82) is 0 Å². The molecule has 1 aliphatic carbocycles. The van der Waals surface area contributed by atoms with Gasteiger partial charge in [0.2, 0.25) is 5.91 Å². The number of hydrogen-bond donors (Lipinski definition) is 0. The number of rotatable bonds is 1. The average Bonchev–Trinajstić information content (AvgIpc) is 2.80. The van der Waals surface area contributed by atoms with Crippen molar-refractivity contribution in [2.45, 2.75) is 24.2 Å². The first-order valence-corrected chi connectivity index (χ1v) is 7.84. The minimum Gasteiger partial charge on any atom is -0.314 e. The Labute approximate surface area is 131 Å². The van der Waals surface area contributed by atoms with Crippen LogP contribution in [0.4, 0.5) is 5.69 Å². The van der Waals surface area contributed by atoms with E-state index in [4.69, 9.17) is 0 Å². The van der Waals surface area contributed by atoms with E-state index in [1.165, 1.54) is 11.1 Å². The Bertz CT molecular complexity index is 749. The van der Waals surface area contributed by atoms with Crippen molar-refractivity contribution in [3.8, 4) is 0 Å². The number of fused-ring (bicyclic) bond motifs is 2. The average molecular weight is 289 g/mol. The van der Waals surface area contributed by atoms with Crippen molar-refractivity contribution >= 4 is 11.6 Å². The van der Waals surface area contributed by atoms with Gasteiger partial charge in [0.05, 0.1) is 5.41 Å². The molecule has 1 amide bonds. The van der Waals surface area contributed by atoms with Gasteiger partial charge in [0.25, 0.3) is 0 Å². The topological polar surface area (TPSA) is 20.3 Å². The van der Waals surface area contributed by atoms with Crippen LogP contribution in [0.15, 0.2) is 66.7 Å². The summed E-state index contributed by atoms with van der Waals surface area (Å²) >= 11 is 0. The third-order valence-corrected chi connectivity index (χ3v) is 5.16. The second-order valence-electron chi connectivity index (χ2n) is 6.21. The molecule has 2 atom stereocenters. The minimum atomic E-state index is -0.443. The number of likely N-dealkylation sites (N-methyl/N-ethyl adjacent to an activating group) is 1. The quantitative estimate of drug-likeness (QED) is 0.726. The highest BCUT2D eigenvalue weighted by Gasteiger charge is 2.54. The van der Waals surface area contributed by atoms with Crippen LogP contribution in [0.5, 0.6) is 0 Å². The van der Waals surface area contributed by atoms with Crippen LogP contribution in [0.25, 0.3) is 0 Å². The van der Waals surface area contributed by atoms with Gasteiger partial charge in [-0.2, -0.15) is 0 Å². The lowest BCUT2D eigenvalue weighted by molar-refractivity contribution is -0.123. The molecule has 22 heavy (non-hydrogen) atoms. The Morgan fingerprint density at radius 3 is 2.59 bits per heavy atom. The zero-order chi connectivity index (χ0) is 15.2. The van der Waals surface area contributed by atoms with Crippen LogP contribution >= 0.6 is 0 Å². The SMILES string of the molecule is CN1C(=O)[C@]2(CCC=C[C@H]2c2ccccc2)c2ccccc21. The maximum Gasteiger partial charge on any atom is 0.238 e. The molecule has 2 aromatic rings. The molecule has 1 heterocycles. The summed E-state index contributed by atoms with van der Waals surface area (Å²) in [5.41, 5.74) is 3.02. The van der Waals surface area contributed by atoms with Crippen LogP contribution in [0.3, 0.4) is 0 Å². The number of amides is 1. The first-order chi connectivity index (χ1) is 10.7. The van der Waals surface area contributed by atoms with Gasteiger partial charge in [0.1, 0.15) is 0 Å². The van der Waals surface area contributed by atoms with Gasteiger partial charge in [-0.1, -0.05) is 60.7 Å². The number of carbonyl (C=O) groups excluding carboxylic acids is 1. The Morgan fingerprint density at radius 2 is 1.77 bits per heavy atom. The molecule has 4 rings (SSSR count). The van der Waals surface area contributed by atoms with Gasteiger partial charge in [-0.15, -0.1) is 0 Å². The predicted octanol–water partition coefficient (Wildman–Crippen LogP) is 4.03. The molecule has 1 aliphatic heterocycles. The van der Waals surface area contributed by atoms with E-state index >= 15 is 0 Å². The van der Waals surface area contributed by atoms with Gasteiger partial charge < -0.3 is 4.90 Å². The predicted molar refractivity (Wildman–Crippen MR) is 89.1 cm³/mol. The van der Waals surface area contributed by atoms with E-state index in [1.807, 2.05) is 30.1 Å². The number of benzene rings is 2. The van der Waals surface area contributed by atoms with Crippen LogP contribution in [0.1, 0.15) is 29.9 Å². The summed E-state index contributed by atoms with van der Waals surface area (Å²) in [6.45, 7) is 0. The number of para-hydroxylation sites is 1. The standard InChI is InChI=1S/C20H19NO/c1-21-18-13-6-5-12-17(18)20(19(21)22)14-8-7-11-16(20)15-9-3-2-4-10-15/h2-7,9-13,16H,8,14H2,1H3/t16-,20-/m0/s1. The Balaban J connectivity index is 1.95. The number of anilines is 1. The number of hydrogen-bond acceptors (Lipinski definition) is 1. The van der Waals surface area contributed by atoms with Crippen LogP contribution in [0, 0.1) is 0 Å². The fourth-order valence-electron chi connectivity index (χ4n) is 4.13. The fourth-order valence-corrected chi connectivity index (χ4v) is 4.13. The summed E-state index contributed by atoms with van der Waals surface area (Å²) in [4.78, 5) is 15.1. The highest BCUT2D eigenvalue weighted by Crippen LogP contribution is 2.54. The Kier molecular flexibility index (Phi) is 2.93. The van der Waals surface area contributed by atoms with Crippen molar-refractivity contribution in [3.05, 3.63) is 77.9 Å². The number of carbonyl (C=O) groups is 1. The second-order valence-corrected chi connectivity index (χ2v) is 6.21. The molecule has 0 radical (unpaired) electrons. The first kappa shape index (κ1) is 13.3. The van der Waals surface area contributed by atoms with E-state index in [2.05, 4.69) is 48.6 Å². The van der Waals surface area contributed by atoms with Crippen molar-refractivity contribution in [3.63, 3.8) is 0 Å². The fraction of sp³-hybridized carbons (Fsp3) is 0.250. The van der Waals surface area contributed by atoms with Gasteiger partial charge in [-0.25, -0.2) is 0 Å². The molecule has 0 aromatic heterocycles. The molecule has 2 aliphatic rings. The van der Waals surface area contributed by atoms with Crippen LogP contribution in [-0.2, 0) is 10.2 Å². The molecule has 2 aromatic carbocycles. The molecule has 2 nitrogen and oxygen atoms in total. The summed E-state index contributed by atoms with van der Waals surface area (Å²) in [6, 6.07) is 18.7. The molecule has 0 bridgehead atoms. The third kappa shape index (κ3) is 1.64. The van der Waals surface area contributed by atoms with Gasteiger partial charge in [-0.05, 0) is 30.0 Å². The minimum absolute atomic E-state index is 0.112. The zero-order valence-corrected chi connectivity index (χ0v) is 12.7. The van der Waals surface area contributed by atoms with Crippen LogP contribution in [-0.4, -0.2) is 13.0 Å². The molecule has 110 valence electrons. The number of allylic oxidation sites excluding steroid dienone is 2. The van der Waals surface area contributed by atoms with E-state index < -0.39 is 5.41 Å². The van der Waals surface area contributed by atoms with E-state index in [9.17, 15) is 4.79 Å². The Hall–Kier alpha value is -2.35. The molecule has 2 heteroatoms. The molecule has 0 N–H and O–H groups in total. The molecule has 0 unspecified atom stereocenters. The lowest BCUT2D eigenvalue weighted by Crippen LogP contribution is -2.44. The van der Waals surface area contributed by atoms with Crippen molar-refractivity contribution < 1.29 is 4.79 Å². The maximum atomic E-state index is 13.2. The normalized spacial score (nSPS) is 26.5. The van der Waals surface area contributed by atoms with E-state index in [0.717, 1.165) is 18.5 Å². The maximum absolute atomic E-state index is 13.2. The second kappa shape index (κ2) is 4.84. The highest BCUT2D eigenvalue weighted by atomic mass is 16.2. The largest absolute Gasteiger partial charge is 0.314 e. The van der Waals surface area contributed by atoms with Crippen LogP contribution in [0.2, 0.25) is 0 Å². The van der Waals surface area contributed by atoms with Gasteiger partial charge in [0.15, 0.2) is 0 Å². The lowest BCUT2D eigenvalue weighted by atomic mass is 9.63. The van der Waals surface area contributed by atoms with Crippen LogP contribution < -0.4 is 4.90 Å². The molecular formula is C20H19NO. The molecule has 0 saturated carbocycles. The van der Waals surface area contributed by atoms with E-state index in [0.29, 0.717) is 0 Å². The van der Waals surface area contributed by atoms with Gasteiger partial charge >= 0.3 is 0 Å². The summed E-state index contributed by atoms with van der Waals surface area (Å²) in [5.74, 6) is 0.341. The molecular weight excluding hydrogens is 270 g/mol. The molecule has 0 saturated heterocycles. The summed E-state index contributed by atoms with van der Waals surface area (Å²) in [6.07, 6.45) is 6.28. The Morgan fingerprint density at radius 1 is 1.05 bits per heavy atom. The lowest BCUT2D eigenvalue weighted by Gasteiger charge is -2.37. The van der Waals surface area contributed by atoms with E-state index in [1.54, 1.807) is 0 Å². The van der Waals surface area contributed by atoms with Crippen molar-refractivity contribution in [2.24, 2.45) is 0 Å². The first-order valence-electron chi connectivity index (χ1n) is 7.84. The van der Waals surface area contributed by atoms with Gasteiger partial charge in [-0.3, -0.25) is 4.79 Å². The number of nitrogens with zero attached hydrogens (tertiary/aromatic N) is 1. The molecule has 0 fully saturated rings.